The quantitative estimate of drug-likeness (QED) is 0.555. The Labute approximate surface area is 190 Å². The Morgan fingerprint density at radius 1 is 0.906 bits per heavy atom. The van der Waals surface area contributed by atoms with Gasteiger partial charge in [-0.15, -0.1) is 0 Å². The summed E-state index contributed by atoms with van der Waals surface area (Å²) < 4.78 is 5.79. The van der Waals surface area contributed by atoms with Gasteiger partial charge >= 0.3 is 0 Å². The van der Waals surface area contributed by atoms with E-state index in [0.717, 1.165) is 11.1 Å². The lowest BCUT2D eigenvalue weighted by atomic mass is 9.86. The second kappa shape index (κ2) is 10.1. The van der Waals surface area contributed by atoms with Crippen LogP contribution in [0.2, 0.25) is 0 Å². The average Bonchev–Trinajstić information content (AvgIpc) is 2.77. The van der Waals surface area contributed by atoms with Gasteiger partial charge in [0.15, 0.2) is 6.61 Å². The van der Waals surface area contributed by atoms with Gasteiger partial charge in [-0.25, -0.2) is 0 Å². The van der Waals surface area contributed by atoms with Gasteiger partial charge < -0.3 is 15.0 Å². The molecule has 0 saturated heterocycles. The van der Waals surface area contributed by atoms with Crippen LogP contribution in [0.4, 0.5) is 5.69 Å². The molecule has 2 amide bonds. The second-order valence-corrected chi connectivity index (χ2v) is 8.81. The van der Waals surface area contributed by atoms with E-state index in [2.05, 4.69) is 26.1 Å². The van der Waals surface area contributed by atoms with Crippen molar-refractivity contribution in [1.82, 2.24) is 4.90 Å². The fraction of sp³-hybridized carbons (Fsp3) is 0.259. The minimum absolute atomic E-state index is 0.0897. The molecule has 0 aliphatic heterocycles. The lowest BCUT2D eigenvalue weighted by Gasteiger charge is -2.22. The molecule has 0 aromatic heterocycles. The predicted octanol–water partition coefficient (Wildman–Crippen LogP) is 5.27. The number of hydrogen-bond acceptors (Lipinski definition) is 3. The Hall–Kier alpha value is -3.60. The van der Waals surface area contributed by atoms with Crippen molar-refractivity contribution in [1.29, 1.82) is 0 Å². The number of nitrogens with one attached hydrogen (secondary N) is 1. The van der Waals surface area contributed by atoms with Gasteiger partial charge in [0.1, 0.15) is 5.75 Å². The maximum atomic E-state index is 12.8. The SMILES string of the molecule is CN(Cc1ccccc1)C(=O)c1cccc(NC(=O)COc2ccccc2C(C)(C)C)c1. The molecule has 3 rings (SSSR count). The highest BCUT2D eigenvalue weighted by Crippen LogP contribution is 2.30. The molecule has 0 radical (unpaired) electrons. The summed E-state index contributed by atoms with van der Waals surface area (Å²) >= 11 is 0. The summed E-state index contributed by atoms with van der Waals surface area (Å²) in [6.45, 7) is 6.71. The highest BCUT2D eigenvalue weighted by atomic mass is 16.5. The van der Waals surface area contributed by atoms with E-state index in [1.54, 1.807) is 36.2 Å². The minimum atomic E-state index is -0.282. The first kappa shape index (κ1) is 23.1. The summed E-state index contributed by atoms with van der Waals surface area (Å²) in [5.41, 5.74) is 3.08. The van der Waals surface area contributed by atoms with E-state index in [1.165, 1.54) is 0 Å². The van der Waals surface area contributed by atoms with Crippen LogP contribution >= 0.6 is 0 Å². The van der Waals surface area contributed by atoms with Gasteiger partial charge in [0.25, 0.3) is 11.8 Å². The molecule has 0 bridgehead atoms. The lowest BCUT2D eigenvalue weighted by molar-refractivity contribution is -0.118. The molecule has 1 N–H and O–H groups in total. The average molecular weight is 431 g/mol. The van der Waals surface area contributed by atoms with E-state index in [1.807, 2.05) is 54.6 Å². The van der Waals surface area contributed by atoms with Crippen molar-refractivity contribution in [2.75, 3.05) is 19.0 Å². The van der Waals surface area contributed by atoms with Gasteiger partial charge in [-0.2, -0.15) is 0 Å². The zero-order valence-corrected chi connectivity index (χ0v) is 19.1. The van der Waals surface area contributed by atoms with Crippen molar-refractivity contribution >= 4 is 17.5 Å². The third-order valence-electron chi connectivity index (χ3n) is 5.06. The summed E-state index contributed by atoms with van der Waals surface area (Å²) in [6, 6.07) is 24.5. The molecular formula is C27H30N2O3. The van der Waals surface area contributed by atoms with Crippen LogP contribution in [-0.2, 0) is 16.8 Å². The molecular weight excluding hydrogens is 400 g/mol. The highest BCUT2D eigenvalue weighted by molar-refractivity contribution is 5.97. The smallest absolute Gasteiger partial charge is 0.262 e. The number of benzene rings is 3. The first-order valence-corrected chi connectivity index (χ1v) is 10.7. The molecule has 32 heavy (non-hydrogen) atoms. The van der Waals surface area contributed by atoms with Crippen molar-refractivity contribution in [3.05, 3.63) is 95.6 Å². The molecule has 3 aromatic rings. The third-order valence-corrected chi connectivity index (χ3v) is 5.06. The number of amides is 2. The lowest BCUT2D eigenvalue weighted by Crippen LogP contribution is -2.26. The van der Waals surface area contributed by atoms with Crippen molar-refractivity contribution in [3.8, 4) is 5.75 Å². The topological polar surface area (TPSA) is 58.6 Å². The molecule has 0 fully saturated rings. The number of para-hydroxylation sites is 1. The summed E-state index contributed by atoms with van der Waals surface area (Å²) in [7, 11) is 1.76. The Morgan fingerprint density at radius 3 is 2.31 bits per heavy atom. The monoisotopic (exact) mass is 430 g/mol. The molecule has 3 aromatic carbocycles. The summed E-state index contributed by atoms with van der Waals surface area (Å²) in [6.07, 6.45) is 0. The predicted molar refractivity (Wildman–Crippen MR) is 128 cm³/mol. The van der Waals surface area contributed by atoms with Crippen LogP contribution in [0.1, 0.15) is 42.3 Å². The molecule has 0 aliphatic rings. The standard InChI is InChI=1S/C27H30N2O3/c1-27(2,3)23-15-8-9-16-24(23)32-19-25(30)28-22-14-10-13-21(17-22)26(31)29(4)18-20-11-6-5-7-12-20/h5-17H,18-19H2,1-4H3,(H,28,30). The van der Waals surface area contributed by atoms with Crippen LogP contribution in [0.3, 0.4) is 0 Å². The van der Waals surface area contributed by atoms with Crippen LogP contribution in [-0.4, -0.2) is 30.4 Å². The second-order valence-electron chi connectivity index (χ2n) is 8.81. The van der Waals surface area contributed by atoms with E-state index in [-0.39, 0.29) is 23.8 Å². The van der Waals surface area contributed by atoms with Crippen LogP contribution in [0, 0.1) is 0 Å². The van der Waals surface area contributed by atoms with Gasteiger partial charge in [0.2, 0.25) is 0 Å². The highest BCUT2D eigenvalue weighted by Gasteiger charge is 2.19. The normalized spacial score (nSPS) is 11.0. The van der Waals surface area contributed by atoms with Gasteiger partial charge in [0.05, 0.1) is 0 Å². The summed E-state index contributed by atoms with van der Waals surface area (Å²) in [4.78, 5) is 26.9. The maximum Gasteiger partial charge on any atom is 0.262 e. The number of hydrogen-bond donors (Lipinski definition) is 1. The van der Waals surface area contributed by atoms with E-state index >= 15 is 0 Å². The zero-order valence-electron chi connectivity index (χ0n) is 19.1. The summed E-state index contributed by atoms with van der Waals surface area (Å²) in [5, 5.41) is 2.82. The van der Waals surface area contributed by atoms with Gasteiger partial charge in [0, 0.05) is 24.8 Å². The first-order valence-electron chi connectivity index (χ1n) is 10.7. The van der Waals surface area contributed by atoms with Gasteiger partial charge in [-0.3, -0.25) is 9.59 Å². The third kappa shape index (κ3) is 6.20. The first-order chi connectivity index (χ1) is 15.2. The molecule has 0 unspecified atom stereocenters. The van der Waals surface area contributed by atoms with Gasteiger partial charge in [-0.1, -0.05) is 75.4 Å². The van der Waals surface area contributed by atoms with Crippen LogP contribution < -0.4 is 10.1 Å². The minimum Gasteiger partial charge on any atom is -0.483 e. The van der Waals surface area contributed by atoms with E-state index in [9.17, 15) is 9.59 Å². The Kier molecular flexibility index (Phi) is 7.31. The molecule has 5 nitrogen and oxygen atoms in total. The largest absolute Gasteiger partial charge is 0.483 e. The zero-order chi connectivity index (χ0) is 23.1. The molecule has 0 aliphatic carbocycles. The van der Waals surface area contributed by atoms with Crippen molar-refractivity contribution in [2.24, 2.45) is 0 Å². The number of anilines is 1. The van der Waals surface area contributed by atoms with E-state index in [4.69, 9.17) is 4.74 Å². The van der Waals surface area contributed by atoms with Gasteiger partial charge in [-0.05, 0) is 40.8 Å². The Morgan fingerprint density at radius 2 is 1.59 bits per heavy atom. The number of ether oxygens (including phenoxy) is 1. The van der Waals surface area contributed by atoms with Crippen molar-refractivity contribution in [2.45, 2.75) is 32.7 Å². The summed E-state index contributed by atoms with van der Waals surface area (Å²) in [5.74, 6) is 0.304. The fourth-order valence-electron chi connectivity index (χ4n) is 3.43. The van der Waals surface area contributed by atoms with E-state index < -0.39 is 0 Å². The number of carbonyl (C=O) groups is 2. The number of nitrogens with zero attached hydrogens (tertiary/aromatic N) is 1. The number of carbonyl (C=O) groups excluding carboxylic acids is 2. The Balaban J connectivity index is 1.61. The molecule has 0 atom stereocenters. The maximum absolute atomic E-state index is 12.8. The molecule has 5 heteroatoms. The Bertz CT molecular complexity index is 1070. The molecule has 166 valence electrons. The molecule has 0 heterocycles. The van der Waals surface area contributed by atoms with Crippen LogP contribution in [0.5, 0.6) is 5.75 Å². The van der Waals surface area contributed by atoms with Crippen molar-refractivity contribution in [3.63, 3.8) is 0 Å². The number of rotatable bonds is 7. The van der Waals surface area contributed by atoms with Crippen LogP contribution in [0.25, 0.3) is 0 Å². The molecule has 0 spiro atoms. The molecule has 0 saturated carbocycles. The van der Waals surface area contributed by atoms with E-state index in [0.29, 0.717) is 23.5 Å². The van der Waals surface area contributed by atoms with Crippen molar-refractivity contribution < 1.29 is 14.3 Å². The fourth-order valence-corrected chi connectivity index (χ4v) is 3.43. The van der Waals surface area contributed by atoms with Crippen LogP contribution in [0.15, 0.2) is 78.9 Å².